The van der Waals surface area contributed by atoms with Gasteiger partial charge in [0.15, 0.2) is 0 Å². The number of hydrogen-bond donors (Lipinski definition) is 1. The fraction of sp³-hybridized carbons (Fsp3) is 1.00. The predicted octanol–water partition coefficient (Wildman–Crippen LogP) is 3.74. The van der Waals surface area contributed by atoms with Crippen LogP contribution < -0.4 is 5.32 Å². The lowest BCUT2D eigenvalue weighted by Gasteiger charge is -2.30. The Morgan fingerprint density at radius 3 is 2.06 bits per heavy atom. The molecule has 0 aromatic carbocycles. The Balaban J connectivity index is 4.12. The molecular weight excluding hydrogens is 229 g/mol. The first kappa shape index (κ1) is 15.6. The van der Waals surface area contributed by atoms with Crippen molar-refractivity contribution in [2.24, 2.45) is 0 Å². The van der Waals surface area contributed by atoms with Crippen molar-refractivity contribution in [2.75, 3.05) is 6.54 Å². The smallest absolute Gasteiger partial charge is 0.307 e. The number of rotatable bonds is 7. The van der Waals surface area contributed by atoms with Crippen LogP contribution in [0.15, 0.2) is 0 Å². The summed E-state index contributed by atoms with van der Waals surface area (Å²) in [7, 11) is 0. The van der Waals surface area contributed by atoms with Crippen LogP contribution in [-0.4, -0.2) is 24.7 Å². The Morgan fingerprint density at radius 2 is 1.69 bits per heavy atom. The van der Waals surface area contributed by atoms with Gasteiger partial charge in [0, 0.05) is 6.42 Å². The van der Waals surface area contributed by atoms with E-state index in [4.69, 9.17) is 0 Å². The van der Waals surface area contributed by atoms with E-state index in [9.17, 15) is 22.0 Å². The maximum Gasteiger partial charge on any atom is 0.389 e. The summed E-state index contributed by atoms with van der Waals surface area (Å²) in [5.74, 6) is 0. The van der Waals surface area contributed by atoms with Crippen LogP contribution in [0, 0.1) is 0 Å². The third-order valence-corrected chi connectivity index (χ3v) is 2.42. The zero-order valence-corrected chi connectivity index (χ0v) is 9.50. The summed E-state index contributed by atoms with van der Waals surface area (Å²) in [4.78, 5) is 0. The summed E-state index contributed by atoms with van der Waals surface area (Å²) in [6, 6.07) is 0. The van der Waals surface area contributed by atoms with Gasteiger partial charge in [0.05, 0.1) is 5.54 Å². The van der Waals surface area contributed by atoms with E-state index in [2.05, 4.69) is 5.32 Å². The van der Waals surface area contributed by atoms with E-state index >= 15 is 0 Å². The molecule has 0 bridgehead atoms. The number of hydrogen-bond acceptors (Lipinski definition) is 1. The molecule has 98 valence electrons. The average Bonchev–Trinajstić information content (AvgIpc) is 2.12. The molecule has 0 spiro atoms. The van der Waals surface area contributed by atoms with Gasteiger partial charge in [0.1, 0.15) is 0 Å². The van der Waals surface area contributed by atoms with Gasteiger partial charge >= 0.3 is 6.18 Å². The van der Waals surface area contributed by atoms with Crippen molar-refractivity contribution in [2.45, 2.75) is 57.7 Å². The van der Waals surface area contributed by atoms with Gasteiger partial charge in [-0.1, -0.05) is 6.92 Å². The van der Waals surface area contributed by atoms with Gasteiger partial charge in [-0.25, -0.2) is 8.78 Å². The molecule has 0 fully saturated rings. The van der Waals surface area contributed by atoms with Crippen LogP contribution >= 0.6 is 0 Å². The minimum atomic E-state index is -4.27. The second-order valence-electron chi connectivity index (χ2n) is 4.11. The first-order valence-corrected chi connectivity index (χ1v) is 5.31. The molecule has 0 aromatic rings. The fourth-order valence-electron chi connectivity index (χ4n) is 1.34. The van der Waals surface area contributed by atoms with E-state index in [1.807, 2.05) is 6.92 Å². The molecule has 0 heterocycles. The van der Waals surface area contributed by atoms with Crippen molar-refractivity contribution < 1.29 is 22.0 Å². The highest BCUT2D eigenvalue weighted by atomic mass is 19.4. The maximum absolute atomic E-state index is 12.7. The Hall–Kier alpha value is -0.390. The van der Waals surface area contributed by atoms with Gasteiger partial charge < -0.3 is 5.32 Å². The molecule has 6 heteroatoms. The Kier molecular flexibility index (Phi) is 6.22. The second kappa shape index (κ2) is 6.37. The first-order valence-electron chi connectivity index (χ1n) is 5.31. The lowest BCUT2D eigenvalue weighted by atomic mass is 9.95. The minimum absolute atomic E-state index is 0.176. The van der Waals surface area contributed by atoms with E-state index in [-0.39, 0.29) is 12.8 Å². The van der Waals surface area contributed by atoms with Gasteiger partial charge in [0.2, 0.25) is 0 Å². The highest BCUT2D eigenvalue weighted by molar-refractivity contribution is 4.85. The standard InChI is InChI=1S/C10H18F5N/c1-3-7-16-9(2,8(11)12)5-4-6-10(13,14)15/h8,16H,3-7H2,1-2H3. The maximum atomic E-state index is 12.7. The summed E-state index contributed by atoms with van der Waals surface area (Å²) in [6.07, 6.45) is -7.73. The highest BCUT2D eigenvalue weighted by Crippen LogP contribution is 2.27. The van der Waals surface area contributed by atoms with Crippen molar-refractivity contribution in [1.29, 1.82) is 0 Å². The van der Waals surface area contributed by atoms with Crippen LogP contribution in [-0.2, 0) is 0 Å². The lowest BCUT2D eigenvalue weighted by molar-refractivity contribution is -0.137. The molecule has 0 aliphatic heterocycles. The van der Waals surface area contributed by atoms with Gasteiger partial charge in [-0.2, -0.15) is 13.2 Å². The van der Waals surface area contributed by atoms with Gasteiger partial charge in [-0.05, 0) is 32.7 Å². The molecule has 1 atom stereocenters. The van der Waals surface area contributed by atoms with Crippen molar-refractivity contribution >= 4 is 0 Å². The van der Waals surface area contributed by atoms with E-state index in [1.165, 1.54) is 6.92 Å². The summed E-state index contributed by atoms with van der Waals surface area (Å²) < 4.78 is 61.0. The third kappa shape index (κ3) is 6.25. The van der Waals surface area contributed by atoms with Crippen LogP contribution in [0.1, 0.15) is 39.5 Å². The summed E-state index contributed by atoms with van der Waals surface area (Å²) in [5, 5.41) is 2.61. The van der Waals surface area contributed by atoms with E-state index < -0.39 is 24.6 Å². The lowest BCUT2D eigenvalue weighted by Crippen LogP contribution is -2.49. The van der Waals surface area contributed by atoms with E-state index in [0.717, 1.165) is 0 Å². The molecule has 0 aliphatic rings. The molecule has 16 heavy (non-hydrogen) atoms. The quantitative estimate of drug-likeness (QED) is 0.676. The first-order chi connectivity index (χ1) is 7.21. The van der Waals surface area contributed by atoms with Crippen molar-refractivity contribution in [3.63, 3.8) is 0 Å². The number of halogens is 5. The molecule has 0 amide bonds. The minimum Gasteiger partial charge on any atom is -0.307 e. The molecule has 0 saturated carbocycles. The molecule has 0 aromatic heterocycles. The summed E-state index contributed by atoms with van der Waals surface area (Å²) in [6.45, 7) is 3.46. The largest absolute Gasteiger partial charge is 0.389 e. The molecule has 0 saturated heterocycles. The molecule has 1 nitrogen and oxygen atoms in total. The molecule has 0 rings (SSSR count). The molecule has 0 radical (unpaired) electrons. The van der Waals surface area contributed by atoms with Crippen LogP contribution in [0.4, 0.5) is 22.0 Å². The van der Waals surface area contributed by atoms with E-state index in [0.29, 0.717) is 13.0 Å². The van der Waals surface area contributed by atoms with Crippen LogP contribution in [0.25, 0.3) is 0 Å². The topological polar surface area (TPSA) is 12.0 Å². The molecular formula is C10H18F5N. The highest BCUT2D eigenvalue weighted by Gasteiger charge is 2.35. The Bertz CT molecular complexity index is 192. The van der Waals surface area contributed by atoms with Crippen molar-refractivity contribution in [3.8, 4) is 0 Å². The molecule has 1 N–H and O–H groups in total. The molecule has 0 aliphatic carbocycles. The van der Waals surface area contributed by atoms with Crippen molar-refractivity contribution in [1.82, 2.24) is 5.32 Å². The van der Waals surface area contributed by atoms with Crippen LogP contribution in [0.2, 0.25) is 0 Å². The van der Waals surface area contributed by atoms with Gasteiger partial charge in [-0.3, -0.25) is 0 Å². The zero-order chi connectivity index (χ0) is 12.8. The zero-order valence-electron chi connectivity index (χ0n) is 9.50. The molecule has 1 unspecified atom stereocenters. The second-order valence-corrected chi connectivity index (χ2v) is 4.11. The van der Waals surface area contributed by atoms with Crippen LogP contribution in [0.5, 0.6) is 0 Å². The SMILES string of the molecule is CCCNC(C)(CCCC(F)(F)F)C(F)F. The van der Waals surface area contributed by atoms with Crippen molar-refractivity contribution in [3.05, 3.63) is 0 Å². The predicted molar refractivity (Wildman–Crippen MR) is 52.6 cm³/mol. The fourth-order valence-corrected chi connectivity index (χ4v) is 1.34. The normalized spacial score (nSPS) is 16.5. The van der Waals surface area contributed by atoms with Gasteiger partial charge in [0.25, 0.3) is 6.43 Å². The third-order valence-electron chi connectivity index (χ3n) is 2.42. The van der Waals surface area contributed by atoms with Crippen LogP contribution in [0.3, 0.4) is 0 Å². The van der Waals surface area contributed by atoms with Gasteiger partial charge in [-0.15, -0.1) is 0 Å². The number of nitrogens with one attached hydrogen (secondary N) is 1. The summed E-state index contributed by atoms with van der Waals surface area (Å²) >= 11 is 0. The average molecular weight is 247 g/mol. The summed E-state index contributed by atoms with van der Waals surface area (Å²) in [5.41, 5.74) is -1.51. The number of alkyl halides is 5. The monoisotopic (exact) mass is 247 g/mol. The Morgan fingerprint density at radius 1 is 1.12 bits per heavy atom. The van der Waals surface area contributed by atoms with E-state index in [1.54, 1.807) is 0 Å². The Labute approximate surface area is 92.4 Å².